The molecule has 2 heteroatoms. The molecule has 1 aliphatic rings. The maximum Gasteiger partial charge on any atom is 0.199 e. The molecule has 18 heavy (non-hydrogen) atoms. The zero-order valence-electron chi connectivity index (χ0n) is 11.3. The molecule has 1 aromatic carbocycles. The highest BCUT2D eigenvalue weighted by Gasteiger charge is 2.26. The molecule has 1 aliphatic heterocycles. The quantitative estimate of drug-likeness (QED) is 0.795. The van der Waals surface area contributed by atoms with E-state index in [9.17, 15) is 0 Å². The summed E-state index contributed by atoms with van der Waals surface area (Å²) in [5.74, 6) is 0. The van der Waals surface area contributed by atoms with Crippen LogP contribution in [-0.4, -0.2) is 28.4 Å². The number of benzene rings is 1. The second kappa shape index (κ2) is 4.60. The first-order valence-electron chi connectivity index (χ1n) is 7.05. The van der Waals surface area contributed by atoms with Crippen molar-refractivity contribution in [2.75, 3.05) is 13.1 Å². The van der Waals surface area contributed by atoms with Crippen molar-refractivity contribution < 1.29 is 4.58 Å². The van der Waals surface area contributed by atoms with Crippen LogP contribution in [0.5, 0.6) is 0 Å². The molecular formula is C16H21N2+. The topological polar surface area (TPSA) is 18.8 Å². The molecule has 0 bridgehead atoms. The summed E-state index contributed by atoms with van der Waals surface area (Å²) < 4.78 is 2.55. The smallest absolute Gasteiger partial charge is 0.199 e. The van der Waals surface area contributed by atoms with Gasteiger partial charge in [-0.2, -0.15) is 0 Å². The van der Waals surface area contributed by atoms with Gasteiger partial charge in [0, 0.05) is 30.2 Å². The molecule has 0 amide bonds. The van der Waals surface area contributed by atoms with E-state index in [4.69, 9.17) is 0 Å². The molecule has 0 saturated heterocycles. The molecule has 2 nitrogen and oxygen atoms in total. The van der Waals surface area contributed by atoms with Gasteiger partial charge in [-0.25, -0.2) is 4.58 Å². The van der Waals surface area contributed by atoms with Crippen molar-refractivity contribution in [2.24, 2.45) is 0 Å². The SMILES string of the molecule is CCC[N+]1=C(CC)c2[nH]c3ccccc3c2CC1. The minimum Gasteiger partial charge on any atom is -0.350 e. The number of H-pyrrole nitrogens is 1. The highest BCUT2D eigenvalue weighted by atomic mass is 15.0. The van der Waals surface area contributed by atoms with Crippen LogP contribution >= 0.6 is 0 Å². The predicted octanol–water partition coefficient (Wildman–Crippen LogP) is 3.35. The summed E-state index contributed by atoms with van der Waals surface area (Å²) in [7, 11) is 0. The van der Waals surface area contributed by atoms with E-state index in [0.29, 0.717) is 0 Å². The lowest BCUT2D eigenvalue weighted by Crippen LogP contribution is -2.30. The first-order valence-corrected chi connectivity index (χ1v) is 7.05. The van der Waals surface area contributed by atoms with Gasteiger partial charge in [0.1, 0.15) is 18.8 Å². The van der Waals surface area contributed by atoms with E-state index in [2.05, 4.69) is 47.7 Å². The Labute approximate surface area is 108 Å². The predicted molar refractivity (Wildman–Crippen MR) is 76.7 cm³/mol. The number of rotatable bonds is 3. The van der Waals surface area contributed by atoms with Crippen LogP contribution in [0.25, 0.3) is 10.9 Å². The summed E-state index contributed by atoms with van der Waals surface area (Å²) in [5, 5.41) is 1.41. The van der Waals surface area contributed by atoms with Gasteiger partial charge in [0.25, 0.3) is 0 Å². The standard InChI is InChI=1S/C16H20N2/c1-3-10-18-11-9-13-12-7-5-6-8-14(12)17-16(13)15(18)4-2/h5-8H,3-4,9-11H2,1-2H3/p+1. The van der Waals surface area contributed by atoms with Crippen molar-refractivity contribution in [3.05, 3.63) is 35.5 Å². The number of hydrogen-bond donors (Lipinski definition) is 1. The largest absolute Gasteiger partial charge is 0.350 e. The van der Waals surface area contributed by atoms with E-state index in [-0.39, 0.29) is 0 Å². The summed E-state index contributed by atoms with van der Waals surface area (Å²) in [6.45, 7) is 6.87. The minimum atomic E-state index is 1.11. The number of hydrogen-bond acceptors (Lipinski definition) is 0. The third-order valence-electron chi connectivity index (χ3n) is 3.94. The zero-order valence-corrected chi connectivity index (χ0v) is 11.3. The zero-order chi connectivity index (χ0) is 12.5. The van der Waals surface area contributed by atoms with E-state index in [1.54, 1.807) is 0 Å². The third kappa shape index (κ3) is 1.67. The summed E-state index contributed by atoms with van der Waals surface area (Å²) >= 11 is 0. The number of nitrogens with zero attached hydrogens (tertiary/aromatic N) is 1. The fourth-order valence-electron chi connectivity index (χ4n) is 3.16. The van der Waals surface area contributed by atoms with Gasteiger partial charge in [-0.15, -0.1) is 0 Å². The molecule has 1 aromatic heterocycles. The van der Waals surface area contributed by atoms with Gasteiger partial charge < -0.3 is 4.98 Å². The summed E-state index contributed by atoms with van der Waals surface area (Å²) in [6.07, 6.45) is 3.50. The van der Waals surface area contributed by atoms with Gasteiger partial charge >= 0.3 is 0 Å². The Morgan fingerprint density at radius 1 is 1.22 bits per heavy atom. The molecule has 2 heterocycles. The summed E-state index contributed by atoms with van der Waals surface area (Å²) in [6, 6.07) is 8.68. The molecule has 94 valence electrons. The van der Waals surface area contributed by atoms with Crippen LogP contribution in [0.15, 0.2) is 24.3 Å². The van der Waals surface area contributed by atoms with Crippen LogP contribution in [0.4, 0.5) is 0 Å². The third-order valence-corrected chi connectivity index (χ3v) is 3.94. The molecule has 0 fully saturated rings. The molecule has 0 radical (unpaired) electrons. The van der Waals surface area contributed by atoms with Gasteiger partial charge in [-0.05, 0) is 11.6 Å². The fraction of sp³-hybridized carbons (Fsp3) is 0.438. The molecule has 0 aliphatic carbocycles. The highest BCUT2D eigenvalue weighted by molar-refractivity contribution is 6.03. The first-order chi connectivity index (χ1) is 8.85. The maximum absolute atomic E-state index is 3.63. The normalized spacial score (nSPS) is 15.2. The Morgan fingerprint density at radius 3 is 2.83 bits per heavy atom. The van der Waals surface area contributed by atoms with E-state index in [1.807, 2.05) is 0 Å². The highest BCUT2D eigenvalue weighted by Crippen LogP contribution is 2.26. The molecular weight excluding hydrogens is 220 g/mol. The molecule has 1 N–H and O–H groups in total. The monoisotopic (exact) mass is 241 g/mol. The van der Waals surface area contributed by atoms with Crippen LogP contribution in [0.1, 0.15) is 37.9 Å². The van der Waals surface area contributed by atoms with Gasteiger partial charge in [-0.1, -0.05) is 32.0 Å². The average molecular weight is 241 g/mol. The number of aromatic amines is 1. The second-order valence-electron chi connectivity index (χ2n) is 5.06. The number of aromatic nitrogens is 1. The lowest BCUT2D eigenvalue weighted by molar-refractivity contribution is -0.529. The van der Waals surface area contributed by atoms with Gasteiger partial charge in [0.2, 0.25) is 0 Å². The van der Waals surface area contributed by atoms with Gasteiger partial charge in [0.15, 0.2) is 5.71 Å². The summed E-state index contributed by atoms with van der Waals surface area (Å²) in [4.78, 5) is 3.63. The number of fused-ring (bicyclic) bond motifs is 3. The van der Waals surface area contributed by atoms with Crippen molar-refractivity contribution in [3.63, 3.8) is 0 Å². The Kier molecular flexibility index (Phi) is 2.94. The molecule has 0 saturated carbocycles. The molecule has 3 rings (SSSR count). The Bertz CT molecular complexity index is 605. The molecule has 0 spiro atoms. The van der Waals surface area contributed by atoms with Crippen LogP contribution in [-0.2, 0) is 6.42 Å². The molecule has 2 aromatic rings. The van der Waals surface area contributed by atoms with E-state index >= 15 is 0 Å². The minimum absolute atomic E-state index is 1.11. The van der Waals surface area contributed by atoms with Crippen LogP contribution in [0.2, 0.25) is 0 Å². The second-order valence-corrected chi connectivity index (χ2v) is 5.06. The first kappa shape index (κ1) is 11.5. The molecule has 0 atom stereocenters. The Morgan fingerprint density at radius 2 is 2.06 bits per heavy atom. The van der Waals surface area contributed by atoms with Crippen LogP contribution in [0, 0.1) is 0 Å². The lowest BCUT2D eigenvalue weighted by Gasteiger charge is -2.14. The van der Waals surface area contributed by atoms with Crippen molar-refractivity contribution in [1.29, 1.82) is 0 Å². The van der Waals surface area contributed by atoms with Gasteiger partial charge in [-0.3, -0.25) is 0 Å². The lowest BCUT2D eigenvalue weighted by atomic mass is 10.00. The number of nitrogens with one attached hydrogen (secondary N) is 1. The van der Waals surface area contributed by atoms with Crippen molar-refractivity contribution in [3.8, 4) is 0 Å². The maximum atomic E-state index is 3.63. The van der Waals surface area contributed by atoms with E-state index < -0.39 is 0 Å². The number of para-hydroxylation sites is 1. The fourth-order valence-corrected chi connectivity index (χ4v) is 3.16. The Balaban J connectivity index is 2.20. The van der Waals surface area contributed by atoms with Crippen LogP contribution in [0.3, 0.4) is 0 Å². The van der Waals surface area contributed by atoms with Crippen molar-refractivity contribution in [2.45, 2.75) is 33.1 Å². The average Bonchev–Trinajstić information content (AvgIpc) is 2.77. The van der Waals surface area contributed by atoms with Crippen molar-refractivity contribution >= 4 is 16.6 Å². The van der Waals surface area contributed by atoms with E-state index in [0.717, 1.165) is 6.42 Å². The van der Waals surface area contributed by atoms with Crippen LogP contribution < -0.4 is 0 Å². The Hall–Kier alpha value is -1.57. The van der Waals surface area contributed by atoms with Gasteiger partial charge in [0.05, 0.1) is 0 Å². The van der Waals surface area contributed by atoms with Crippen molar-refractivity contribution in [1.82, 2.24) is 4.98 Å². The molecule has 0 unspecified atom stereocenters. The summed E-state index contributed by atoms with van der Waals surface area (Å²) in [5.41, 5.74) is 5.69. The van der Waals surface area contributed by atoms with E-state index in [1.165, 1.54) is 53.8 Å².